The van der Waals surface area contributed by atoms with E-state index in [1.54, 1.807) is 42.0 Å². The van der Waals surface area contributed by atoms with Crippen molar-refractivity contribution in [3.8, 4) is 22.3 Å². The first-order chi connectivity index (χ1) is 16.9. The van der Waals surface area contributed by atoms with Gasteiger partial charge >= 0.3 is 0 Å². The first-order valence-electron chi connectivity index (χ1n) is 10.4. The highest BCUT2D eigenvalue weighted by atomic mass is 32.2. The van der Waals surface area contributed by atoms with E-state index in [9.17, 15) is 17.9 Å². The van der Waals surface area contributed by atoms with E-state index in [1.807, 2.05) is 12.1 Å². The van der Waals surface area contributed by atoms with Gasteiger partial charge in [0.2, 0.25) is 5.95 Å². The Hall–Kier alpha value is -3.86. The number of rotatable bonds is 7. The fraction of sp³-hybridized carbons (Fsp3) is 0.0400. The van der Waals surface area contributed by atoms with Crippen LogP contribution < -0.4 is 4.72 Å². The molecule has 1 atom stereocenters. The number of hydrogen-bond donors (Lipinski definition) is 2. The Balaban J connectivity index is 1.48. The lowest BCUT2D eigenvalue weighted by molar-refractivity contribution is 0.221. The molecule has 0 aliphatic heterocycles. The van der Waals surface area contributed by atoms with Gasteiger partial charge in [0.25, 0.3) is 10.0 Å². The lowest BCUT2D eigenvalue weighted by Gasteiger charge is -2.17. The minimum absolute atomic E-state index is 0.0536. The third-order valence-corrected chi connectivity index (χ3v) is 7.57. The predicted octanol–water partition coefficient (Wildman–Crippen LogP) is 5.49. The minimum atomic E-state index is -3.80. The van der Waals surface area contributed by atoms with Gasteiger partial charge < -0.3 is 9.52 Å². The zero-order chi connectivity index (χ0) is 24.4. The molecule has 3 aromatic heterocycles. The Labute approximate surface area is 204 Å². The first-order valence-corrected chi connectivity index (χ1v) is 12.8. The molecule has 0 aliphatic rings. The van der Waals surface area contributed by atoms with E-state index in [1.165, 1.54) is 48.2 Å². The summed E-state index contributed by atoms with van der Waals surface area (Å²) in [5, 5.41) is 13.2. The maximum absolute atomic E-state index is 13.3. The maximum Gasteiger partial charge on any atom is 0.263 e. The molecular weight excluding hydrogens is 489 g/mol. The number of sulfonamides is 1. The molecule has 2 aromatic carbocycles. The van der Waals surface area contributed by atoms with Gasteiger partial charge in [0, 0.05) is 28.9 Å². The molecule has 0 amide bonds. The largest absolute Gasteiger partial charge is 0.472 e. The molecule has 0 saturated carbocycles. The van der Waals surface area contributed by atoms with Crippen LogP contribution in [0.15, 0.2) is 100 Å². The van der Waals surface area contributed by atoms with E-state index in [2.05, 4.69) is 14.7 Å². The van der Waals surface area contributed by atoms with E-state index >= 15 is 0 Å². The number of nitrogens with one attached hydrogen (secondary N) is 1. The lowest BCUT2D eigenvalue weighted by Crippen LogP contribution is -2.13. The average molecular weight is 508 g/mol. The Bertz CT molecular complexity index is 1540. The summed E-state index contributed by atoms with van der Waals surface area (Å²) in [6.45, 7) is 0. The molecule has 2 N–H and O–H groups in total. The van der Waals surface area contributed by atoms with Crippen LogP contribution in [0.25, 0.3) is 22.3 Å². The molecule has 0 spiro atoms. The number of hydrogen-bond acceptors (Lipinski definition) is 7. The van der Waals surface area contributed by atoms with Crippen LogP contribution in [0, 0.1) is 5.95 Å². The smallest absolute Gasteiger partial charge is 0.263 e. The van der Waals surface area contributed by atoms with Gasteiger partial charge in [-0.15, -0.1) is 11.3 Å². The molecule has 0 aliphatic carbocycles. The summed E-state index contributed by atoms with van der Waals surface area (Å²) >= 11 is 1.18. The number of halogens is 1. The summed E-state index contributed by atoms with van der Waals surface area (Å²) < 4.78 is 46.1. The lowest BCUT2D eigenvalue weighted by atomic mass is 9.91. The number of aromatic nitrogens is 2. The SMILES string of the molecule is O=S(=O)(Nc1nccs1)c1ccc(C(O)c2ccc(-c3ccc(F)nc3)cc2-c2ccoc2)cc1. The van der Waals surface area contributed by atoms with Gasteiger partial charge in [-0.1, -0.05) is 24.3 Å². The van der Waals surface area contributed by atoms with Crippen LogP contribution in [0.4, 0.5) is 9.52 Å². The number of benzene rings is 2. The van der Waals surface area contributed by atoms with Gasteiger partial charge in [-0.2, -0.15) is 4.39 Å². The van der Waals surface area contributed by atoms with Crippen molar-refractivity contribution in [2.75, 3.05) is 4.72 Å². The molecule has 0 saturated heterocycles. The second-order valence-electron chi connectivity index (χ2n) is 7.60. The number of nitrogens with zero attached hydrogens (tertiary/aromatic N) is 2. The molecule has 5 rings (SSSR count). The van der Waals surface area contributed by atoms with Gasteiger partial charge in [-0.05, 0) is 58.7 Å². The molecule has 0 radical (unpaired) electrons. The van der Waals surface area contributed by atoms with E-state index in [0.29, 0.717) is 11.1 Å². The molecule has 0 bridgehead atoms. The fourth-order valence-corrected chi connectivity index (χ4v) is 5.43. The van der Waals surface area contributed by atoms with Crippen molar-refractivity contribution in [2.45, 2.75) is 11.0 Å². The van der Waals surface area contributed by atoms with E-state index in [0.717, 1.165) is 22.3 Å². The standard InChI is InChI=1S/C25H18FN3O4S2/c26-23-8-4-18(14-28-23)17-3-7-21(22(13-17)19-9-11-33-15-19)24(30)16-1-5-20(6-2-16)35(31,32)29-25-27-10-12-34-25/h1-15,24,30H,(H,27,29). The van der Waals surface area contributed by atoms with E-state index in [4.69, 9.17) is 4.42 Å². The van der Waals surface area contributed by atoms with Crippen LogP contribution in [-0.2, 0) is 10.0 Å². The predicted molar refractivity (Wildman–Crippen MR) is 131 cm³/mol. The molecule has 176 valence electrons. The highest BCUT2D eigenvalue weighted by molar-refractivity contribution is 7.93. The Morgan fingerprint density at radius 2 is 1.77 bits per heavy atom. The van der Waals surface area contributed by atoms with Crippen LogP contribution in [0.3, 0.4) is 0 Å². The number of pyridine rings is 1. The summed E-state index contributed by atoms with van der Waals surface area (Å²) in [6.07, 6.45) is 5.02. The van der Waals surface area contributed by atoms with Crippen molar-refractivity contribution in [1.29, 1.82) is 0 Å². The number of aliphatic hydroxyl groups is 1. The second kappa shape index (κ2) is 9.41. The Morgan fingerprint density at radius 1 is 0.971 bits per heavy atom. The van der Waals surface area contributed by atoms with Gasteiger partial charge in [0.15, 0.2) is 5.13 Å². The maximum atomic E-state index is 13.3. The molecule has 10 heteroatoms. The van der Waals surface area contributed by atoms with E-state index in [-0.39, 0.29) is 10.0 Å². The van der Waals surface area contributed by atoms with Crippen LogP contribution in [0.5, 0.6) is 0 Å². The molecule has 1 unspecified atom stereocenters. The van der Waals surface area contributed by atoms with Crippen molar-refractivity contribution >= 4 is 26.5 Å². The summed E-state index contributed by atoms with van der Waals surface area (Å²) in [4.78, 5) is 7.70. The molecule has 7 nitrogen and oxygen atoms in total. The van der Waals surface area contributed by atoms with Gasteiger partial charge in [-0.3, -0.25) is 4.72 Å². The summed E-state index contributed by atoms with van der Waals surface area (Å²) in [6, 6.07) is 16.2. The average Bonchev–Trinajstić information content (AvgIpc) is 3.58. The minimum Gasteiger partial charge on any atom is -0.472 e. The van der Waals surface area contributed by atoms with Gasteiger partial charge in [0.1, 0.15) is 6.10 Å². The van der Waals surface area contributed by atoms with Crippen molar-refractivity contribution in [1.82, 2.24) is 9.97 Å². The number of furan rings is 1. The highest BCUT2D eigenvalue weighted by Crippen LogP contribution is 2.36. The third kappa shape index (κ3) is 4.85. The van der Waals surface area contributed by atoms with Crippen LogP contribution >= 0.6 is 11.3 Å². The molecular formula is C25H18FN3O4S2. The van der Waals surface area contributed by atoms with Crippen molar-refractivity contribution in [3.05, 3.63) is 108 Å². The normalized spacial score (nSPS) is 12.4. The number of thiazole rings is 1. The summed E-state index contributed by atoms with van der Waals surface area (Å²) in [5.41, 5.74) is 4.10. The summed E-state index contributed by atoms with van der Waals surface area (Å²) in [7, 11) is -3.80. The summed E-state index contributed by atoms with van der Waals surface area (Å²) in [5.74, 6) is -0.567. The van der Waals surface area contributed by atoms with Crippen molar-refractivity contribution in [2.24, 2.45) is 0 Å². The molecule has 35 heavy (non-hydrogen) atoms. The van der Waals surface area contributed by atoms with Crippen LogP contribution in [-0.4, -0.2) is 23.5 Å². The number of aliphatic hydroxyl groups excluding tert-OH is 1. The van der Waals surface area contributed by atoms with Crippen molar-refractivity contribution < 1.29 is 22.3 Å². The third-order valence-electron chi connectivity index (χ3n) is 5.40. The topological polar surface area (TPSA) is 105 Å². The molecule has 0 fully saturated rings. The van der Waals surface area contributed by atoms with Crippen LogP contribution in [0.1, 0.15) is 17.2 Å². The fourth-order valence-electron chi connectivity index (χ4n) is 3.65. The quantitative estimate of drug-likeness (QED) is 0.282. The zero-order valence-corrected chi connectivity index (χ0v) is 19.6. The second-order valence-corrected chi connectivity index (χ2v) is 10.2. The van der Waals surface area contributed by atoms with Crippen LogP contribution in [0.2, 0.25) is 0 Å². The van der Waals surface area contributed by atoms with E-state index < -0.39 is 22.1 Å². The monoisotopic (exact) mass is 507 g/mol. The number of anilines is 1. The van der Waals surface area contributed by atoms with Gasteiger partial charge in [0.05, 0.1) is 17.4 Å². The zero-order valence-electron chi connectivity index (χ0n) is 18.0. The first kappa shape index (κ1) is 22.9. The molecule has 5 aromatic rings. The highest BCUT2D eigenvalue weighted by Gasteiger charge is 2.20. The Kier molecular flexibility index (Phi) is 6.16. The molecule has 3 heterocycles. The van der Waals surface area contributed by atoms with Crippen molar-refractivity contribution in [3.63, 3.8) is 0 Å². The van der Waals surface area contributed by atoms with Gasteiger partial charge in [-0.25, -0.2) is 18.4 Å². The Morgan fingerprint density at radius 3 is 2.43 bits per heavy atom.